The second kappa shape index (κ2) is 11.8. The van der Waals surface area contributed by atoms with Gasteiger partial charge in [0.25, 0.3) is 0 Å². The smallest absolute Gasteiger partial charge is 0.410 e. The highest BCUT2D eigenvalue weighted by molar-refractivity contribution is 5.91. The molecule has 2 aromatic carbocycles. The molecule has 0 unspecified atom stereocenters. The van der Waals surface area contributed by atoms with Gasteiger partial charge in [0.2, 0.25) is 0 Å². The quantitative estimate of drug-likeness (QED) is 0.244. The van der Waals surface area contributed by atoms with Gasteiger partial charge in [-0.2, -0.15) is 0 Å². The van der Waals surface area contributed by atoms with Crippen molar-refractivity contribution >= 4 is 23.4 Å². The molecule has 0 aromatic heterocycles. The van der Waals surface area contributed by atoms with Gasteiger partial charge in [-0.3, -0.25) is 0 Å². The van der Waals surface area contributed by atoms with Gasteiger partial charge < -0.3 is 24.9 Å². The molecular formula is C29H39N3O5. The van der Waals surface area contributed by atoms with Crippen LogP contribution in [0.1, 0.15) is 68.3 Å². The minimum Gasteiger partial charge on any atom is -0.494 e. The molecule has 0 atom stereocenters. The van der Waals surface area contributed by atoms with Crippen molar-refractivity contribution in [3.63, 3.8) is 0 Å². The first-order valence-electron chi connectivity index (χ1n) is 13.3. The number of ether oxygens (including phenoxy) is 2. The topological polar surface area (TPSA) is 103 Å². The Morgan fingerprint density at radius 1 is 1.14 bits per heavy atom. The fourth-order valence-corrected chi connectivity index (χ4v) is 5.48. The summed E-state index contributed by atoms with van der Waals surface area (Å²) in [6, 6.07) is 12.5. The first-order valence-corrected chi connectivity index (χ1v) is 13.3. The van der Waals surface area contributed by atoms with E-state index >= 15 is 0 Å². The van der Waals surface area contributed by atoms with Crippen molar-refractivity contribution in [3.05, 3.63) is 53.6 Å². The summed E-state index contributed by atoms with van der Waals surface area (Å²) in [4.78, 5) is 31.6. The fourth-order valence-electron chi connectivity index (χ4n) is 5.48. The van der Waals surface area contributed by atoms with Crippen molar-refractivity contribution in [2.24, 2.45) is 11.3 Å². The molecule has 2 aliphatic rings. The van der Waals surface area contributed by atoms with Gasteiger partial charge in [0.15, 0.2) is 0 Å². The third-order valence-electron chi connectivity index (χ3n) is 7.52. The van der Waals surface area contributed by atoms with E-state index in [0.717, 1.165) is 56.0 Å². The van der Waals surface area contributed by atoms with Gasteiger partial charge in [-0.05, 0) is 107 Å². The number of nitrogens with one attached hydrogen (secondary N) is 1. The molecule has 1 saturated heterocycles. The predicted octanol–water partition coefficient (Wildman–Crippen LogP) is 5.96. The van der Waals surface area contributed by atoms with Crippen LogP contribution in [-0.4, -0.2) is 42.8 Å². The Labute approximate surface area is 219 Å². The zero-order valence-corrected chi connectivity index (χ0v) is 22.1. The Kier molecular flexibility index (Phi) is 8.46. The SMILES string of the molecule is Cc1cc(OCCCC2CC3(CCN(C(=O)OC(C)C)CC3)C2)ccc1C(=O)ONc1ccccc1N. The summed E-state index contributed by atoms with van der Waals surface area (Å²) in [7, 11) is 0. The number of carbonyl (C=O) groups is 2. The van der Waals surface area contributed by atoms with Gasteiger partial charge in [0, 0.05) is 13.1 Å². The van der Waals surface area contributed by atoms with Crippen LogP contribution in [0, 0.1) is 18.3 Å². The molecule has 1 aliphatic heterocycles. The number of nitrogens with zero attached hydrogens (tertiary/aromatic N) is 1. The van der Waals surface area contributed by atoms with Crippen LogP contribution in [0.3, 0.4) is 0 Å². The normalized spacial score (nSPS) is 16.8. The van der Waals surface area contributed by atoms with Crippen LogP contribution < -0.4 is 16.0 Å². The van der Waals surface area contributed by atoms with E-state index in [4.69, 9.17) is 20.0 Å². The molecule has 200 valence electrons. The van der Waals surface area contributed by atoms with Crippen LogP contribution in [0.25, 0.3) is 0 Å². The standard InChI is InChI=1S/C29H39N3O5/c1-20(2)36-28(34)32-14-12-29(13-15-32)18-22(19-29)7-6-16-35-23-10-11-24(21(3)17-23)27(33)37-31-26-9-5-4-8-25(26)30/h4-5,8-11,17,20,22,31H,6-7,12-16,18-19,30H2,1-3H3. The number of amides is 1. The first kappa shape index (κ1) is 26.6. The van der Waals surface area contributed by atoms with E-state index < -0.39 is 5.97 Å². The number of anilines is 2. The number of rotatable bonds is 9. The van der Waals surface area contributed by atoms with Crippen LogP contribution in [-0.2, 0) is 9.57 Å². The maximum atomic E-state index is 12.5. The number of aryl methyl sites for hydroxylation is 1. The lowest BCUT2D eigenvalue weighted by Crippen LogP contribution is -2.49. The molecule has 0 bridgehead atoms. The third kappa shape index (κ3) is 6.87. The molecular weight excluding hydrogens is 470 g/mol. The molecule has 1 aliphatic carbocycles. The zero-order chi connectivity index (χ0) is 26.4. The molecule has 1 spiro atoms. The maximum Gasteiger partial charge on any atom is 0.410 e. The Morgan fingerprint density at radius 3 is 2.54 bits per heavy atom. The lowest BCUT2D eigenvalue weighted by atomic mass is 9.56. The minimum atomic E-state index is -0.478. The monoisotopic (exact) mass is 509 g/mol. The summed E-state index contributed by atoms with van der Waals surface area (Å²) in [5, 5.41) is 0. The van der Waals surface area contributed by atoms with Crippen molar-refractivity contribution in [2.75, 3.05) is 30.9 Å². The molecule has 0 radical (unpaired) electrons. The van der Waals surface area contributed by atoms with Crippen LogP contribution >= 0.6 is 0 Å². The highest BCUT2D eigenvalue weighted by atomic mass is 16.7. The van der Waals surface area contributed by atoms with Gasteiger partial charge in [-0.25, -0.2) is 15.1 Å². The number of benzene rings is 2. The van der Waals surface area contributed by atoms with E-state index in [2.05, 4.69) is 5.48 Å². The van der Waals surface area contributed by atoms with Crippen LogP contribution in [0.2, 0.25) is 0 Å². The summed E-state index contributed by atoms with van der Waals surface area (Å²) in [6.07, 6.45) is 6.56. The number of nitrogen functional groups attached to an aromatic ring is 1. The largest absolute Gasteiger partial charge is 0.494 e. The molecule has 2 fully saturated rings. The molecule has 1 amide bonds. The summed E-state index contributed by atoms with van der Waals surface area (Å²) in [5.74, 6) is 1.01. The average Bonchev–Trinajstić information content (AvgIpc) is 2.84. The second-order valence-electron chi connectivity index (χ2n) is 10.7. The van der Waals surface area contributed by atoms with E-state index in [1.807, 2.05) is 43.9 Å². The van der Waals surface area contributed by atoms with Gasteiger partial charge >= 0.3 is 12.1 Å². The summed E-state index contributed by atoms with van der Waals surface area (Å²) >= 11 is 0. The van der Waals surface area contributed by atoms with E-state index in [1.165, 1.54) is 12.8 Å². The Balaban J connectivity index is 1.13. The number of hydrogen-bond acceptors (Lipinski definition) is 7. The van der Waals surface area contributed by atoms with E-state index in [-0.39, 0.29) is 12.2 Å². The zero-order valence-electron chi connectivity index (χ0n) is 22.1. The van der Waals surface area contributed by atoms with Crippen molar-refractivity contribution in [2.45, 2.75) is 65.4 Å². The molecule has 2 aromatic rings. The highest BCUT2D eigenvalue weighted by Gasteiger charge is 2.46. The molecule has 8 heteroatoms. The highest BCUT2D eigenvalue weighted by Crippen LogP contribution is 2.54. The van der Waals surface area contributed by atoms with Crippen LogP contribution in [0.15, 0.2) is 42.5 Å². The van der Waals surface area contributed by atoms with Crippen molar-refractivity contribution < 1.29 is 23.9 Å². The Morgan fingerprint density at radius 2 is 1.86 bits per heavy atom. The lowest BCUT2D eigenvalue weighted by Gasteiger charge is -2.52. The second-order valence-corrected chi connectivity index (χ2v) is 10.7. The summed E-state index contributed by atoms with van der Waals surface area (Å²) < 4.78 is 11.3. The Hall–Kier alpha value is -3.42. The van der Waals surface area contributed by atoms with Gasteiger partial charge in [0.1, 0.15) is 5.75 Å². The number of para-hydroxylation sites is 2. The molecule has 1 saturated carbocycles. The molecule has 3 N–H and O–H groups in total. The van der Waals surface area contributed by atoms with Gasteiger partial charge in [-0.15, -0.1) is 0 Å². The minimum absolute atomic E-state index is 0.0698. The van der Waals surface area contributed by atoms with Crippen LogP contribution in [0.5, 0.6) is 5.75 Å². The third-order valence-corrected chi connectivity index (χ3v) is 7.52. The average molecular weight is 510 g/mol. The Bertz CT molecular complexity index is 1090. The number of hydrogen-bond donors (Lipinski definition) is 2. The number of carbonyl (C=O) groups excluding carboxylic acids is 2. The number of nitrogens with two attached hydrogens (primary N) is 1. The predicted molar refractivity (Wildman–Crippen MR) is 143 cm³/mol. The van der Waals surface area contributed by atoms with Gasteiger partial charge in [0.05, 0.1) is 29.6 Å². The van der Waals surface area contributed by atoms with E-state index in [0.29, 0.717) is 29.0 Å². The lowest BCUT2D eigenvalue weighted by molar-refractivity contribution is -0.0203. The number of piperidine rings is 1. The van der Waals surface area contributed by atoms with Crippen molar-refractivity contribution in [3.8, 4) is 5.75 Å². The molecule has 1 heterocycles. The van der Waals surface area contributed by atoms with Gasteiger partial charge in [-0.1, -0.05) is 12.1 Å². The molecule has 4 rings (SSSR count). The van der Waals surface area contributed by atoms with Crippen molar-refractivity contribution in [1.82, 2.24) is 4.90 Å². The maximum absolute atomic E-state index is 12.5. The number of likely N-dealkylation sites (tertiary alicyclic amines) is 1. The van der Waals surface area contributed by atoms with E-state index in [9.17, 15) is 9.59 Å². The van der Waals surface area contributed by atoms with Crippen molar-refractivity contribution in [1.29, 1.82) is 0 Å². The van der Waals surface area contributed by atoms with E-state index in [1.54, 1.807) is 24.3 Å². The molecule has 8 nitrogen and oxygen atoms in total. The molecule has 37 heavy (non-hydrogen) atoms. The summed E-state index contributed by atoms with van der Waals surface area (Å²) in [5.41, 5.74) is 11.2. The van der Waals surface area contributed by atoms with Crippen LogP contribution in [0.4, 0.5) is 16.2 Å². The first-order chi connectivity index (χ1) is 17.7. The fraction of sp³-hybridized carbons (Fsp3) is 0.517. The summed E-state index contributed by atoms with van der Waals surface area (Å²) in [6.45, 7) is 7.90.